The van der Waals surface area contributed by atoms with Gasteiger partial charge in [0.25, 0.3) is 0 Å². The number of thioether (sulfide) groups is 1. The van der Waals surface area contributed by atoms with Crippen LogP contribution in [-0.4, -0.2) is 44.0 Å². The van der Waals surface area contributed by atoms with Crippen molar-refractivity contribution in [1.29, 1.82) is 0 Å². The Morgan fingerprint density at radius 1 is 1.07 bits per heavy atom. The smallest absolute Gasteiger partial charge is 0.406 e. The Bertz CT molecular complexity index is 1690. The molecule has 2 heterocycles. The summed E-state index contributed by atoms with van der Waals surface area (Å²) >= 11 is 1.05. The molecule has 214 valence electrons. The highest BCUT2D eigenvalue weighted by Gasteiger charge is 2.32. The number of amidine groups is 1. The number of urea groups is 1. The summed E-state index contributed by atoms with van der Waals surface area (Å²) in [6.45, 7) is 1.77. The van der Waals surface area contributed by atoms with Crippen LogP contribution in [0.3, 0.4) is 0 Å². The Kier molecular flexibility index (Phi) is 8.06. The number of nitrogens with one attached hydrogen (secondary N) is 1. The minimum Gasteiger partial charge on any atom is -0.406 e. The van der Waals surface area contributed by atoms with E-state index in [0.717, 1.165) is 27.8 Å². The molecule has 1 N–H and O–H groups in total. The second-order valence-electron chi connectivity index (χ2n) is 8.84. The largest absolute Gasteiger partial charge is 0.573 e. The number of alkyl halides is 3. The first-order valence-corrected chi connectivity index (χ1v) is 13.2. The number of nitrogens with zero attached hydrogens (tertiary/aromatic N) is 5. The molecule has 0 spiro atoms. The Balaban J connectivity index is 1.20. The van der Waals surface area contributed by atoms with Crippen molar-refractivity contribution in [3.8, 4) is 11.4 Å². The topological polar surface area (TPSA) is 102 Å². The summed E-state index contributed by atoms with van der Waals surface area (Å²) in [5.74, 6) is -0.914. The number of benzene rings is 3. The van der Waals surface area contributed by atoms with Crippen LogP contribution in [0.4, 0.5) is 33.7 Å². The third-order valence-corrected chi connectivity index (χ3v) is 6.66. The van der Waals surface area contributed by atoms with Crippen molar-refractivity contribution in [3.63, 3.8) is 0 Å². The molecule has 1 fully saturated rings. The number of amides is 3. The highest BCUT2D eigenvalue weighted by molar-refractivity contribution is 8.15. The van der Waals surface area contributed by atoms with Crippen LogP contribution in [-0.2, 0) is 4.79 Å². The SMILES string of the molecule is Cc1ccc(F)c(N2C(=O)CS/C2=N\C(=O)Nc2ccc(/C=C/c3ncn(-c4ccc(OC(F)(F)F)cc4)n3)cc2)c1. The van der Waals surface area contributed by atoms with Crippen molar-refractivity contribution < 1.29 is 31.9 Å². The number of rotatable bonds is 6. The van der Waals surface area contributed by atoms with E-state index < -0.39 is 18.2 Å². The molecule has 14 heteroatoms. The highest BCUT2D eigenvalue weighted by Crippen LogP contribution is 2.30. The molecule has 1 aromatic heterocycles. The molecule has 0 aliphatic carbocycles. The molecular formula is C28H20F4N6O3S. The predicted octanol–water partition coefficient (Wildman–Crippen LogP) is 6.45. The van der Waals surface area contributed by atoms with Crippen LogP contribution in [0.25, 0.3) is 17.8 Å². The summed E-state index contributed by atoms with van der Waals surface area (Å²) in [5.41, 5.74) is 2.51. The van der Waals surface area contributed by atoms with Gasteiger partial charge in [-0.05, 0) is 72.7 Å². The molecule has 9 nitrogen and oxygen atoms in total. The summed E-state index contributed by atoms with van der Waals surface area (Å²) in [6.07, 6.45) is 0.0301. The zero-order chi connectivity index (χ0) is 29.9. The number of hydrogen-bond donors (Lipinski definition) is 1. The summed E-state index contributed by atoms with van der Waals surface area (Å²) < 4.78 is 56.7. The monoisotopic (exact) mass is 596 g/mol. The molecule has 1 aliphatic heterocycles. The van der Waals surface area contributed by atoms with Gasteiger partial charge in [-0.25, -0.2) is 18.9 Å². The Labute approximate surface area is 240 Å². The summed E-state index contributed by atoms with van der Waals surface area (Å²) in [7, 11) is 0. The van der Waals surface area contributed by atoms with Crippen molar-refractivity contribution in [2.45, 2.75) is 13.3 Å². The Morgan fingerprint density at radius 2 is 1.81 bits per heavy atom. The van der Waals surface area contributed by atoms with Gasteiger partial charge in [0, 0.05) is 5.69 Å². The van der Waals surface area contributed by atoms with Crippen molar-refractivity contribution >= 4 is 52.4 Å². The Morgan fingerprint density at radius 3 is 2.52 bits per heavy atom. The molecule has 0 saturated carbocycles. The van der Waals surface area contributed by atoms with Gasteiger partial charge in [-0.2, -0.15) is 4.99 Å². The van der Waals surface area contributed by atoms with Crippen molar-refractivity contribution in [2.24, 2.45) is 4.99 Å². The van der Waals surface area contributed by atoms with Gasteiger partial charge in [0.15, 0.2) is 11.0 Å². The van der Waals surface area contributed by atoms with Crippen molar-refractivity contribution in [1.82, 2.24) is 14.8 Å². The molecule has 42 heavy (non-hydrogen) atoms. The van der Waals surface area contributed by atoms with Gasteiger partial charge >= 0.3 is 12.4 Å². The number of ether oxygens (including phenoxy) is 1. The average Bonchev–Trinajstić information content (AvgIpc) is 3.56. The first kappa shape index (κ1) is 28.5. The average molecular weight is 597 g/mol. The number of carbonyl (C=O) groups is 2. The van der Waals surface area contributed by atoms with Crippen LogP contribution in [0.2, 0.25) is 0 Å². The Hall–Kier alpha value is -4.98. The summed E-state index contributed by atoms with van der Waals surface area (Å²) in [4.78, 5) is 34.2. The van der Waals surface area contributed by atoms with Crippen LogP contribution < -0.4 is 15.0 Å². The van der Waals surface area contributed by atoms with Gasteiger partial charge in [-0.1, -0.05) is 36.0 Å². The maximum atomic E-state index is 14.4. The number of aryl methyl sites for hydroxylation is 1. The second-order valence-corrected chi connectivity index (χ2v) is 9.78. The van der Waals surface area contributed by atoms with Crippen molar-refractivity contribution in [2.75, 3.05) is 16.0 Å². The molecular weight excluding hydrogens is 576 g/mol. The van der Waals surface area contributed by atoms with E-state index in [1.54, 1.807) is 49.4 Å². The predicted molar refractivity (Wildman–Crippen MR) is 151 cm³/mol. The second kappa shape index (κ2) is 11.9. The molecule has 0 radical (unpaired) electrons. The number of anilines is 2. The number of halogens is 4. The lowest BCUT2D eigenvalue weighted by Crippen LogP contribution is -2.31. The van der Waals surface area contributed by atoms with E-state index in [2.05, 4.69) is 25.1 Å². The van der Waals surface area contributed by atoms with Crippen LogP contribution in [0.5, 0.6) is 5.75 Å². The molecule has 5 rings (SSSR count). The van der Waals surface area contributed by atoms with Gasteiger partial charge in [0.1, 0.15) is 17.9 Å². The van der Waals surface area contributed by atoms with E-state index in [0.29, 0.717) is 17.2 Å². The molecule has 1 saturated heterocycles. The zero-order valence-electron chi connectivity index (χ0n) is 21.7. The summed E-state index contributed by atoms with van der Waals surface area (Å²) in [6, 6.07) is 15.6. The molecule has 3 aromatic carbocycles. The minimum atomic E-state index is -4.77. The van der Waals surface area contributed by atoms with Gasteiger partial charge in [0.05, 0.1) is 17.1 Å². The lowest BCUT2D eigenvalue weighted by molar-refractivity contribution is -0.274. The third-order valence-electron chi connectivity index (χ3n) is 5.74. The first-order valence-electron chi connectivity index (χ1n) is 12.2. The molecule has 4 aromatic rings. The zero-order valence-corrected chi connectivity index (χ0v) is 22.5. The van der Waals surface area contributed by atoms with Crippen molar-refractivity contribution in [3.05, 3.63) is 95.8 Å². The minimum absolute atomic E-state index is 0.0385. The molecule has 3 amide bonds. The standard InChI is InChI=1S/C28H20F4N6O3S/c1-17-2-12-22(29)23(14-17)38-25(39)15-42-27(38)35-26(40)34-19-6-3-18(4-7-19)5-13-24-33-16-37(36-24)20-8-10-21(11-9-20)41-28(30,31)32/h2-14,16H,15H2,1H3,(H,34,40)/b13-5+,35-27-. The van der Waals surface area contributed by atoms with Gasteiger partial charge < -0.3 is 10.1 Å². The molecule has 0 atom stereocenters. The first-order chi connectivity index (χ1) is 20.0. The number of hydrogen-bond acceptors (Lipinski definition) is 6. The summed E-state index contributed by atoms with van der Waals surface area (Å²) in [5, 5.41) is 6.99. The van der Waals surface area contributed by atoms with E-state index in [1.165, 1.54) is 47.4 Å². The molecule has 1 aliphatic rings. The quantitative estimate of drug-likeness (QED) is 0.257. The molecule has 0 bridgehead atoms. The van der Waals surface area contributed by atoms with Gasteiger partial charge in [0.2, 0.25) is 5.91 Å². The number of aromatic nitrogens is 3. The van der Waals surface area contributed by atoms with Gasteiger partial charge in [-0.15, -0.1) is 18.3 Å². The number of aliphatic imine (C=N–C) groups is 1. The van der Waals surface area contributed by atoms with E-state index in [1.807, 2.05) is 0 Å². The van der Waals surface area contributed by atoms with E-state index in [4.69, 9.17) is 0 Å². The lowest BCUT2D eigenvalue weighted by atomic mass is 10.2. The highest BCUT2D eigenvalue weighted by atomic mass is 32.2. The maximum Gasteiger partial charge on any atom is 0.573 e. The van der Waals surface area contributed by atoms with E-state index in [9.17, 15) is 27.2 Å². The van der Waals surface area contributed by atoms with Crippen LogP contribution >= 0.6 is 11.8 Å². The number of carbonyl (C=O) groups excluding carboxylic acids is 2. The fourth-order valence-corrected chi connectivity index (χ4v) is 4.70. The third kappa shape index (κ3) is 7.01. The van der Waals surface area contributed by atoms with Crippen LogP contribution in [0.15, 0.2) is 78.0 Å². The van der Waals surface area contributed by atoms with Gasteiger partial charge in [-0.3, -0.25) is 9.69 Å². The van der Waals surface area contributed by atoms with Crippen LogP contribution in [0, 0.1) is 12.7 Å². The normalized spacial score (nSPS) is 14.6. The lowest BCUT2D eigenvalue weighted by Gasteiger charge is -2.17. The fraction of sp³-hybridized carbons (Fsp3) is 0.107. The van der Waals surface area contributed by atoms with E-state index in [-0.39, 0.29) is 28.3 Å². The maximum absolute atomic E-state index is 14.4. The van der Waals surface area contributed by atoms with E-state index >= 15 is 0 Å². The fourth-order valence-electron chi connectivity index (χ4n) is 3.84. The van der Waals surface area contributed by atoms with Crippen LogP contribution in [0.1, 0.15) is 17.0 Å². The molecule has 0 unspecified atom stereocenters.